The van der Waals surface area contributed by atoms with Gasteiger partial charge >= 0.3 is 0 Å². The number of nitrogens with zero attached hydrogens (tertiary/aromatic N) is 1. The first kappa shape index (κ1) is 18.5. The van der Waals surface area contributed by atoms with Gasteiger partial charge in [-0.05, 0) is 37.6 Å². The minimum atomic E-state index is -2.94. The lowest BCUT2D eigenvalue weighted by Gasteiger charge is -2.22. The van der Waals surface area contributed by atoms with Gasteiger partial charge in [-0.3, -0.25) is 9.69 Å². The molecule has 0 aliphatic carbocycles. The fraction of sp³-hybridized carbons (Fsp3) is 0.533. The van der Waals surface area contributed by atoms with E-state index in [1.54, 1.807) is 24.1 Å². The Bertz CT molecular complexity index is 679. The van der Waals surface area contributed by atoms with Crippen LogP contribution in [-0.2, 0) is 21.1 Å². The lowest BCUT2D eigenvalue weighted by atomic mass is 10.1. The highest BCUT2D eigenvalue weighted by molar-refractivity contribution is 7.91. The molecular formula is C15H20Cl2N2O3S. The molecule has 1 N–H and O–H groups in total. The summed E-state index contributed by atoms with van der Waals surface area (Å²) in [7, 11) is -1.16. The maximum atomic E-state index is 11.9. The molecule has 0 radical (unpaired) electrons. The number of amides is 1. The molecule has 1 aliphatic heterocycles. The maximum absolute atomic E-state index is 11.9. The normalized spacial score (nSPS) is 19.9. The van der Waals surface area contributed by atoms with Crippen LogP contribution in [0.1, 0.15) is 12.0 Å². The van der Waals surface area contributed by atoms with Crippen molar-refractivity contribution in [1.29, 1.82) is 0 Å². The Morgan fingerprint density at radius 1 is 1.39 bits per heavy atom. The van der Waals surface area contributed by atoms with Gasteiger partial charge in [0.25, 0.3) is 0 Å². The third kappa shape index (κ3) is 5.64. The summed E-state index contributed by atoms with van der Waals surface area (Å²) >= 11 is 11.9. The Labute approximate surface area is 146 Å². The number of carbonyl (C=O) groups is 1. The van der Waals surface area contributed by atoms with Gasteiger partial charge in [0.2, 0.25) is 5.91 Å². The van der Waals surface area contributed by atoms with Crippen LogP contribution in [0.5, 0.6) is 0 Å². The predicted octanol–water partition coefficient (Wildman–Crippen LogP) is 1.77. The fourth-order valence-electron chi connectivity index (χ4n) is 2.60. The van der Waals surface area contributed by atoms with Crippen molar-refractivity contribution in [3.8, 4) is 0 Å². The van der Waals surface area contributed by atoms with E-state index >= 15 is 0 Å². The van der Waals surface area contributed by atoms with Crippen molar-refractivity contribution in [1.82, 2.24) is 10.2 Å². The summed E-state index contributed by atoms with van der Waals surface area (Å²) in [5.41, 5.74) is 0.923. The van der Waals surface area contributed by atoms with E-state index in [0.717, 1.165) is 5.56 Å². The van der Waals surface area contributed by atoms with Crippen LogP contribution in [0.15, 0.2) is 18.2 Å². The molecule has 1 amide bonds. The van der Waals surface area contributed by atoms with E-state index in [1.807, 2.05) is 6.07 Å². The quantitative estimate of drug-likeness (QED) is 0.818. The number of rotatable bonds is 6. The second-order valence-corrected chi connectivity index (χ2v) is 8.88. The molecule has 1 aliphatic rings. The first-order valence-corrected chi connectivity index (χ1v) is 9.96. The number of halogens is 2. The van der Waals surface area contributed by atoms with Gasteiger partial charge in [-0.2, -0.15) is 0 Å². The molecular weight excluding hydrogens is 359 g/mol. The third-order valence-electron chi connectivity index (χ3n) is 3.96. The molecule has 0 saturated carbocycles. The van der Waals surface area contributed by atoms with Gasteiger partial charge in [0, 0.05) is 22.6 Å². The molecule has 23 heavy (non-hydrogen) atoms. The molecule has 128 valence electrons. The third-order valence-corrected chi connectivity index (χ3v) is 6.29. The standard InChI is InChI=1S/C15H20Cl2N2O3S/c1-19(13-5-7-23(21,22)10-13)9-15(20)18-6-4-11-2-3-12(16)8-14(11)17/h2-3,8,13H,4-7,9-10H2,1H3,(H,18,20). The Kier molecular flexibility index (Phi) is 6.31. The van der Waals surface area contributed by atoms with E-state index in [1.165, 1.54) is 0 Å². The summed E-state index contributed by atoms with van der Waals surface area (Å²) in [5, 5.41) is 3.99. The maximum Gasteiger partial charge on any atom is 0.234 e. The summed E-state index contributed by atoms with van der Waals surface area (Å²) in [6, 6.07) is 5.20. The van der Waals surface area contributed by atoms with Crippen LogP contribution in [0.3, 0.4) is 0 Å². The van der Waals surface area contributed by atoms with E-state index in [-0.39, 0.29) is 30.0 Å². The van der Waals surface area contributed by atoms with E-state index in [4.69, 9.17) is 23.2 Å². The Hall–Kier alpha value is -0.820. The summed E-state index contributed by atoms with van der Waals surface area (Å²) < 4.78 is 22.9. The van der Waals surface area contributed by atoms with E-state index < -0.39 is 9.84 Å². The van der Waals surface area contributed by atoms with E-state index in [0.29, 0.717) is 29.4 Å². The molecule has 5 nitrogen and oxygen atoms in total. The molecule has 1 aromatic rings. The van der Waals surface area contributed by atoms with E-state index in [2.05, 4.69) is 5.32 Å². The molecule has 8 heteroatoms. The van der Waals surface area contributed by atoms with Gasteiger partial charge in [-0.25, -0.2) is 8.42 Å². The summed E-state index contributed by atoms with van der Waals surface area (Å²) in [6.07, 6.45) is 1.20. The smallest absolute Gasteiger partial charge is 0.234 e. The SMILES string of the molecule is CN(CC(=O)NCCc1ccc(Cl)cc1Cl)C1CCS(=O)(=O)C1. The molecule has 0 spiro atoms. The number of carbonyl (C=O) groups excluding carboxylic acids is 1. The zero-order valence-electron chi connectivity index (χ0n) is 12.9. The predicted molar refractivity (Wildman–Crippen MR) is 92.9 cm³/mol. The van der Waals surface area contributed by atoms with Crippen LogP contribution in [0.2, 0.25) is 10.0 Å². The van der Waals surface area contributed by atoms with Gasteiger partial charge in [0.1, 0.15) is 0 Å². The molecule has 1 saturated heterocycles. The average Bonchev–Trinajstić information content (AvgIpc) is 2.81. The van der Waals surface area contributed by atoms with Crippen LogP contribution in [0.25, 0.3) is 0 Å². The average molecular weight is 379 g/mol. The van der Waals surface area contributed by atoms with Crippen LogP contribution in [0, 0.1) is 0 Å². The van der Waals surface area contributed by atoms with Crippen molar-refractivity contribution in [2.45, 2.75) is 18.9 Å². The minimum absolute atomic E-state index is 0.0727. The van der Waals surface area contributed by atoms with Crippen LogP contribution < -0.4 is 5.32 Å². The molecule has 0 aromatic heterocycles. The van der Waals surface area contributed by atoms with Crippen molar-refractivity contribution < 1.29 is 13.2 Å². The molecule has 1 aromatic carbocycles. The van der Waals surface area contributed by atoms with E-state index in [9.17, 15) is 13.2 Å². The van der Waals surface area contributed by atoms with Gasteiger partial charge in [0.15, 0.2) is 9.84 Å². The Morgan fingerprint density at radius 3 is 2.74 bits per heavy atom. The first-order valence-electron chi connectivity index (χ1n) is 7.38. The lowest BCUT2D eigenvalue weighted by Crippen LogP contribution is -2.41. The van der Waals surface area contributed by atoms with Gasteiger partial charge in [-0.1, -0.05) is 29.3 Å². The summed E-state index contributed by atoms with van der Waals surface area (Å²) in [4.78, 5) is 13.7. The lowest BCUT2D eigenvalue weighted by molar-refractivity contribution is -0.122. The highest BCUT2D eigenvalue weighted by atomic mass is 35.5. The van der Waals surface area contributed by atoms with Crippen molar-refractivity contribution in [3.05, 3.63) is 33.8 Å². The first-order chi connectivity index (χ1) is 10.8. The molecule has 2 rings (SSSR count). The fourth-order valence-corrected chi connectivity index (χ4v) is 4.90. The summed E-state index contributed by atoms with van der Waals surface area (Å²) in [5.74, 6) is 0.220. The minimum Gasteiger partial charge on any atom is -0.355 e. The van der Waals surface area contributed by atoms with Gasteiger partial charge < -0.3 is 5.32 Å². The zero-order chi connectivity index (χ0) is 17.0. The number of hydrogen-bond acceptors (Lipinski definition) is 4. The second kappa shape index (κ2) is 7.83. The Morgan fingerprint density at radius 2 is 2.13 bits per heavy atom. The second-order valence-electron chi connectivity index (χ2n) is 5.81. The monoisotopic (exact) mass is 378 g/mol. The van der Waals surface area contributed by atoms with Crippen LogP contribution in [0.4, 0.5) is 0 Å². The molecule has 1 atom stereocenters. The highest BCUT2D eigenvalue weighted by Crippen LogP contribution is 2.21. The Balaban J connectivity index is 1.75. The number of likely N-dealkylation sites (N-methyl/N-ethyl adjacent to an activating group) is 1. The number of sulfone groups is 1. The van der Waals surface area contributed by atoms with Crippen molar-refractivity contribution in [3.63, 3.8) is 0 Å². The molecule has 0 bridgehead atoms. The van der Waals surface area contributed by atoms with Crippen LogP contribution in [-0.4, -0.2) is 56.9 Å². The number of nitrogens with one attached hydrogen (secondary N) is 1. The molecule has 1 fully saturated rings. The number of benzene rings is 1. The topological polar surface area (TPSA) is 66.5 Å². The van der Waals surface area contributed by atoms with Crippen LogP contribution >= 0.6 is 23.2 Å². The number of hydrogen-bond donors (Lipinski definition) is 1. The largest absolute Gasteiger partial charge is 0.355 e. The zero-order valence-corrected chi connectivity index (χ0v) is 15.2. The van der Waals surface area contributed by atoms with Gasteiger partial charge in [0.05, 0.1) is 18.1 Å². The van der Waals surface area contributed by atoms with Gasteiger partial charge in [-0.15, -0.1) is 0 Å². The highest BCUT2D eigenvalue weighted by Gasteiger charge is 2.31. The molecule has 1 unspecified atom stereocenters. The molecule has 1 heterocycles. The van der Waals surface area contributed by atoms with Crippen molar-refractivity contribution in [2.24, 2.45) is 0 Å². The van der Waals surface area contributed by atoms with Crippen molar-refractivity contribution >= 4 is 38.9 Å². The summed E-state index contributed by atoms with van der Waals surface area (Å²) in [6.45, 7) is 0.658. The van der Waals surface area contributed by atoms with Crippen molar-refractivity contribution in [2.75, 3.05) is 31.6 Å².